The standard InChI is InChI=1S/C15H18Cl2N2O3/c1-22-18-14(10-2-3-12(16)13(17)8-10)4-5-15(21)19-7-6-11(20)9-19/h2-4,8,11,18,20H,5-7,9H2,1H3. The average molecular weight is 345 g/mol. The zero-order valence-corrected chi connectivity index (χ0v) is 13.7. The van der Waals surface area contributed by atoms with Crippen molar-refractivity contribution in [3.05, 3.63) is 39.9 Å². The zero-order valence-electron chi connectivity index (χ0n) is 12.2. The van der Waals surface area contributed by atoms with Crippen molar-refractivity contribution in [2.75, 3.05) is 20.2 Å². The predicted octanol–water partition coefficient (Wildman–Crippen LogP) is 2.47. The van der Waals surface area contributed by atoms with Crippen LogP contribution < -0.4 is 5.48 Å². The van der Waals surface area contributed by atoms with Gasteiger partial charge in [0.2, 0.25) is 5.91 Å². The molecule has 1 aliphatic heterocycles. The Morgan fingerprint density at radius 3 is 2.86 bits per heavy atom. The molecule has 1 saturated heterocycles. The highest BCUT2D eigenvalue weighted by Crippen LogP contribution is 2.25. The molecule has 0 saturated carbocycles. The molecule has 1 aromatic carbocycles. The van der Waals surface area contributed by atoms with Gasteiger partial charge in [0.25, 0.3) is 0 Å². The first-order valence-electron chi connectivity index (χ1n) is 6.91. The van der Waals surface area contributed by atoms with Crippen LogP contribution in [0.2, 0.25) is 10.0 Å². The fourth-order valence-corrected chi connectivity index (χ4v) is 2.58. The number of hydrogen-bond donors (Lipinski definition) is 2. The van der Waals surface area contributed by atoms with Gasteiger partial charge in [-0.1, -0.05) is 29.3 Å². The maximum absolute atomic E-state index is 12.1. The van der Waals surface area contributed by atoms with E-state index in [0.717, 1.165) is 5.56 Å². The molecule has 2 N–H and O–H groups in total. The number of carbonyl (C=O) groups is 1. The third-order valence-corrected chi connectivity index (χ3v) is 4.18. The molecule has 1 aromatic rings. The number of β-amino-alcohol motifs (C(OH)–C–C–N with tert-alkyl or cyclic N) is 1. The van der Waals surface area contributed by atoms with E-state index in [1.54, 1.807) is 29.2 Å². The fourth-order valence-electron chi connectivity index (χ4n) is 2.28. The summed E-state index contributed by atoms with van der Waals surface area (Å²) in [5.74, 6) is -0.0352. The summed E-state index contributed by atoms with van der Waals surface area (Å²) in [6.45, 7) is 0.986. The molecule has 22 heavy (non-hydrogen) atoms. The lowest BCUT2D eigenvalue weighted by atomic mass is 10.1. The number of rotatable bonds is 5. The number of hydrogen-bond acceptors (Lipinski definition) is 4. The second-order valence-electron chi connectivity index (χ2n) is 5.04. The lowest BCUT2D eigenvalue weighted by Crippen LogP contribution is -2.29. The van der Waals surface area contributed by atoms with E-state index in [1.807, 2.05) is 0 Å². The molecule has 0 radical (unpaired) electrons. The van der Waals surface area contributed by atoms with Crippen LogP contribution in [0.4, 0.5) is 0 Å². The molecule has 0 bridgehead atoms. The van der Waals surface area contributed by atoms with E-state index < -0.39 is 6.10 Å². The van der Waals surface area contributed by atoms with Crippen LogP contribution in [0.5, 0.6) is 0 Å². The molecular formula is C15H18Cl2N2O3. The highest BCUT2D eigenvalue weighted by Gasteiger charge is 2.23. The van der Waals surface area contributed by atoms with E-state index in [-0.39, 0.29) is 12.3 Å². The Morgan fingerprint density at radius 1 is 1.50 bits per heavy atom. The number of amides is 1. The summed E-state index contributed by atoms with van der Waals surface area (Å²) in [5, 5.41) is 10.4. The fraction of sp³-hybridized carbons (Fsp3) is 0.400. The topological polar surface area (TPSA) is 61.8 Å². The van der Waals surface area contributed by atoms with E-state index >= 15 is 0 Å². The van der Waals surface area contributed by atoms with Crippen LogP contribution in [0, 0.1) is 0 Å². The summed E-state index contributed by atoms with van der Waals surface area (Å²) < 4.78 is 0. The Morgan fingerprint density at radius 2 is 2.27 bits per heavy atom. The molecule has 120 valence electrons. The zero-order chi connectivity index (χ0) is 16.1. The van der Waals surface area contributed by atoms with Gasteiger partial charge in [0.05, 0.1) is 29.0 Å². The van der Waals surface area contributed by atoms with Gasteiger partial charge in [-0.05, 0) is 24.6 Å². The highest BCUT2D eigenvalue weighted by molar-refractivity contribution is 6.42. The maximum atomic E-state index is 12.1. The Kier molecular flexibility index (Phi) is 6.08. The third kappa shape index (κ3) is 4.36. The molecule has 1 unspecified atom stereocenters. The molecule has 1 atom stereocenters. The molecule has 1 heterocycles. The summed E-state index contributed by atoms with van der Waals surface area (Å²) in [5.41, 5.74) is 4.14. The van der Waals surface area contributed by atoms with Crippen LogP contribution >= 0.6 is 23.2 Å². The Labute approximate surface area is 139 Å². The molecule has 1 amide bonds. The first-order chi connectivity index (χ1) is 10.5. The van der Waals surface area contributed by atoms with Crippen LogP contribution in [0.25, 0.3) is 5.70 Å². The van der Waals surface area contributed by atoms with Crippen LogP contribution in [-0.4, -0.2) is 42.2 Å². The van der Waals surface area contributed by atoms with E-state index in [1.165, 1.54) is 7.11 Å². The molecule has 7 heteroatoms. The Balaban J connectivity index is 2.09. The van der Waals surface area contributed by atoms with Crippen LogP contribution in [0.1, 0.15) is 18.4 Å². The number of aliphatic hydroxyl groups is 1. The normalized spacial score (nSPS) is 18.6. The van der Waals surface area contributed by atoms with Crippen molar-refractivity contribution in [1.29, 1.82) is 0 Å². The van der Waals surface area contributed by atoms with Gasteiger partial charge in [-0.15, -0.1) is 0 Å². The van der Waals surface area contributed by atoms with E-state index in [0.29, 0.717) is 35.3 Å². The molecule has 1 aliphatic rings. The van der Waals surface area contributed by atoms with E-state index in [2.05, 4.69) is 5.48 Å². The van der Waals surface area contributed by atoms with Crippen LogP contribution in [0.3, 0.4) is 0 Å². The van der Waals surface area contributed by atoms with Gasteiger partial charge in [0, 0.05) is 25.1 Å². The summed E-state index contributed by atoms with van der Waals surface area (Å²) in [7, 11) is 1.49. The predicted molar refractivity (Wildman–Crippen MR) is 86.4 cm³/mol. The third-order valence-electron chi connectivity index (χ3n) is 3.44. The maximum Gasteiger partial charge on any atom is 0.226 e. The van der Waals surface area contributed by atoms with Gasteiger partial charge in [-0.2, -0.15) is 0 Å². The van der Waals surface area contributed by atoms with E-state index in [9.17, 15) is 9.90 Å². The van der Waals surface area contributed by atoms with Gasteiger partial charge in [0.15, 0.2) is 0 Å². The molecule has 0 aliphatic carbocycles. The number of nitrogens with one attached hydrogen (secondary N) is 1. The first-order valence-corrected chi connectivity index (χ1v) is 7.67. The summed E-state index contributed by atoms with van der Waals surface area (Å²) >= 11 is 11.9. The summed E-state index contributed by atoms with van der Waals surface area (Å²) in [4.78, 5) is 18.7. The Hall–Kier alpha value is -1.27. The molecule has 2 rings (SSSR count). The second kappa shape index (κ2) is 7.83. The van der Waals surface area contributed by atoms with Crippen molar-refractivity contribution >= 4 is 34.8 Å². The van der Waals surface area contributed by atoms with Crippen LogP contribution in [0.15, 0.2) is 24.3 Å². The number of hydroxylamine groups is 1. The number of nitrogens with zero attached hydrogens (tertiary/aromatic N) is 1. The number of likely N-dealkylation sites (tertiary alicyclic amines) is 1. The number of carbonyl (C=O) groups excluding carboxylic acids is 1. The minimum absolute atomic E-state index is 0.0352. The summed E-state index contributed by atoms with van der Waals surface area (Å²) in [6.07, 6.45) is 2.15. The summed E-state index contributed by atoms with van der Waals surface area (Å²) in [6, 6.07) is 5.17. The van der Waals surface area contributed by atoms with E-state index in [4.69, 9.17) is 28.0 Å². The lowest BCUT2D eigenvalue weighted by Gasteiger charge is -2.15. The van der Waals surface area contributed by atoms with Gasteiger partial charge in [-0.25, -0.2) is 0 Å². The van der Waals surface area contributed by atoms with Gasteiger partial charge in [0.1, 0.15) is 0 Å². The number of benzene rings is 1. The van der Waals surface area contributed by atoms with Crippen molar-refractivity contribution in [2.24, 2.45) is 0 Å². The smallest absolute Gasteiger partial charge is 0.226 e. The quantitative estimate of drug-likeness (QED) is 0.805. The number of halogens is 2. The molecule has 0 aromatic heterocycles. The van der Waals surface area contributed by atoms with Gasteiger partial charge >= 0.3 is 0 Å². The van der Waals surface area contributed by atoms with Gasteiger partial charge < -0.3 is 10.0 Å². The largest absolute Gasteiger partial charge is 0.391 e. The molecule has 1 fully saturated rings. The van der Waals surface area contributed by atoms with Crippen LogP contribution in [-0.2, 0) is 9.63 Å². The first kappa shape index (κ1) is 17.1. The van der Waals surface area contributed by atoms with Crippen molar-refractivity contribution < 1.29 is 14.7 Å². The van der Waals surface area contributed by atoms with Crippen molar-refractivity contribution in [2.45, 2.75) is 18.9 Å². The second-order valence-corrected chi connectivity index (χ2v) is 5.85. The molecule has 0 spiro atoms. The Bertz CT molecular complexity index is 578. The monoisotopic (exact) mass is 344 g/mol. The SMILES string of the molecule is CONC(=CCC(=O)N1CCC(O)C1)c1ccc(Cl)c(Cl)c1. The van der Waals surface area contributed by atoms with Crippen molar-refractivity contribution in [3.63, 3.8) is 0 Å². The highest BCUT2D eigenvalue weighted by atomic mass is 35.5. The van der Waals surface area contributed by atoms with Crippen molar-refractivity contribution in [1.82, 2.24) is 10.4 Å². The molecular weight excluding hydrogens is 327 g/mol. The van der Waals surface area contributed by atoms with Gasteiger partial charge in [-0.3, -0.25) is 15.1 Å². The minimum Gasteiger partial charge on any atom is -0.391 e. The molecule has 5 nitrogen and oxygen atoms in total. The van der Waals surface area contributed by atoms with Crippen molar-refractivity contribution in [3.8, 4) is 0 Å². The lowest BCUT2D eigenvalue weighted by molar-refractivity contribution is -0.129. The number of aliphatic hydroxyl groups excluding tert-OH is 1. The minimum atomic E-state index is -0.417. The average Bonchev–Trinajstić information content (AvgIpc) is 2.93.